The first-order chi connectivity index (χ1) is 13.1. The smallest absolute Gasteiger partial charge is 0.269 e. The standard InChI is InChI=1S/C18H22N6O2S/c1-11-4-2-3-5-14(11)17(26)20-19-16(25)10-27-18-21-22-23-24(18)15-9-12-6-7-13(15)8-12/h2-5,12-13,15H,6-10H2,1H3,(H,19,25)(H,20,26)/t12-,13-,15-/m1/s1. The van der Waals surface area contributed by atoms with Gasteiger partial charge in [0, 0.05) is 5.56 Å². The van der Waals surface area contributed by atoms with Gasteiger partial charge >= 0.3 is 0 Å². The molecule has 1 aromatic heterocycles. The molecule has 1 aromatic carbocycles. The summed E-state index contributed by atoms with van der Waals surface area (Å²) >= 11 is 1.29. The van der Waals surface area contributed by atoms with E-state index in [4.69, 9.17) is 0 Å². The molecule has 2 aliphatic carbocycles. The predicted octanol–water partition coefficient (Wildman–Crippen LogP) is 1.90. The molecule has 1 heterocycles. The van der Waals surface area contributed by atoms with Crippen molar-refractivity contribution in [1.82, 2.24) is 31.1 Å². The quantitative estimate of drug-likeness (QED) is 0.601. The fraction of sp³-hybridized carbons (Fsp3) is 0.500. The van der Waals surface area contributed by atoms with E-state index in [1.807, 2.05) is 23.7 Å². The van der Waals surface area contributed by atoms with E-state index in [1.165, 1.54) is 31.0 Å². The highest BCUT2D eigenvalue weighted by Crippen LogP contribution is 2.50. The molecule has 4 rings (SSSR count). The third-order valence-corrected chi connectivity index (χ3v) is 6.45. The Bertz CT molecular complexity index is 854. The van der Waals surface area contributed by atoms with E-state index in [0.29, 0.717) is 22.7 Å². The molecule has 3 atom stereocenters. The van der Waals surface area contributed by atoms with Gasteiger partial charge in [0.1, 0.15) is 0 Å². The maximum absolute atomic E-state index is 12.1. The van der Waals surface area contributed by atoms with Crippen LogP contribution in [0.25, 0.3) is 0 Å². The first-order valence-electron chi connectivity index (χ1n) is 9.17. The van der Waals surface area contributed by atoms with Gasteiger partial charge in [0.15, 0.2) is 0 Å². The Balaban J connectivity index is 1.28. The average molecular weight is 386 g/mol. The second kappa shape index (κ2) is 7.67. The fourth-order valence-electron chi connectivity index (χ4n) is 4.19. The lowest BCUT2D eigenvalue weighted by atomic mass is 9.96. The predicted molar refractivity (Wildman–Crippen MR) is 99.8 cm³/mol. The van der Waals surface area contributed by atoms with Crippen molar-refractivity contribution in [2.45, 2.75) is 43.8 Å². The molecule has 2 saturated carbocycles. The lowest BCUT2D eigenvalue weighted by Gasteiger charge is -2.22. The topological polar surface area (TPSA) is 102 Å². The highest BCUT2D eigenvalue weighted by atomic mass is 32.2. The van der Waals surface area contributed by atoms with E-state index < -0.39 is 0 Å². The minimum Gasteiger partial charge on any atom is -0.272 e. The number of benzene rings is 1. The number of fused-ring (bicyclic) bond motifs is 2. The van der Waals surface area contributed by atoms with Crippen molar-refractivity contribution in [1.29, 1.82) is 0 Å². The Morgan fingerprint density at radius 2 is 2.07 bits per heavy atom. The number of hydrazine groups is 1. The molecular weight excluding hydrogens is 364 g/mol. The van der Waals surface area contributed by atoms with Crippen LogP contribution >= 0.6 is 11.8 Å². The summed E-state index contributed by atoms with van der Waals surface area (Å²) in [5.41, 5.74) is 6.28. The summed E-state index contributed by atoms with van der Waals surface area (Å²) in [6.45, 7) is 1.85. The van der Waals surface area contributed by atoms with Gasteiger partial charge in [-0.1, -0.05) is 36.4 Å². The molecule has 0 radical (unpaired) electrons. The average Bonchev–Trinajstić information content (AvgIpc) is 3.41. The molecular formula is C18H22N6O2S. The molecule has 2 aliphatic rings. The van der Waals surface area contributed by atoms with Crippen LogP contribution in [-0.4, -0.2) is 37.8 Å². The molecule has 2 amide bonds. The van der Waals surface area contributed by atoms with E-state index in [9.17, 15) is 9.59 Å². The minimum atomic E-state index is -0.335. The van der Waals surface area contributed by atoms with E-state index in [1.54, 1.807) is 12.1 Å². The van der Waals surface area contributed by atoms with Crippen LogP contribution in [0, 0.1) is 18.8 Å². The van der Waals surface area contributed by atoms with Gasteiger partial charge in [0.05, 0.1) is 11.8 Å². The zero-order valence-corrected chi connectivity index (χ0v) is 15.9. The molecule has 2 bridgehead atoms. The largest absolute Gasteiger partial charge is 0.272 e. The van der Waals surface area contributed by atoms with Crippen LogP contribution in [0.3, 0.4) is 0 Å². The highest BCUT2D eigenvalue weighted by Gasteiger charge is 2.42. The molecule has 2 N–H and O–H groups in total. The summed E-state index contributed by atoms with van der Waals surface area (Å²) < 4.78 is 1.88. The Kier molecular flexibility index (Phi) is 5.11. The molecule has 142 valence electrons. The number of carbonyl (C=O) groups is 2. The van der Waals surface area contributed by atoms with Crippen molar-refractivity contribution < 1.29 is 9.59 Å². The number of nitrogens with zero attached hydrogens (tertiary/aromatic N) is 4. The lowest BCUT2D eigenvalue weighted by Crippen LogP contribution is -2.42. The Hall–Kier alpha value is -2.42. The Labute approximate surface area is 161 Å². The van der Waals surface area contributed by atoms with Crippen molar-refractivity contribution in [3.63, 3.8) is 0 Å². The monoisotopic (exact) mass is 386 g/mol. The number of aromatic nitrogens is 4. The van der Waals surface area contributed by atoms with Crippen molar-refractivity contribution >= 4 is 23.6 Å². The van der Waals surface area contributed by atoms with Crippen LogP contribution in [0.15, 0.2) is 29.4 Å². The number of hydrogen-bond donors (Lipinski definition) is 2. The zero-order chi connectivity index (χ0) is 18.8. The molecule has 0 unspecified atom stereocenters. The van der Waals surface area contributed by atoms with Crippen molar-refractivity contribution in [3.8, 4) is 0 Å². The third kappa shape index (κ3) is 3.83. The molecule has 27 heavy (non-hydrogen) atoms. The maximum Gasteiger partial charge on any atom is 0.269 e. The van der Waals surface area contributed by atoms with Gasteiger partial charge in [-0.05, 0) is 60.1 Å². The van der Waals surface area contributed by atoms with Gasteiger partial charge in [-0.25, -0.2) is 4.68 Å². The molecule has 2 fully saturated rings. The minimum absolute atomic E-state index is 0.134. The normalized spacial score (nSPS) is 23.4. The van der Waals surface area contributed by atoms with Crippen LogP contribution in [-0.2, 0) is 4.79 Å². The first kappa shape index (κ1) is 18.0. The summed E-state index contributed by atoms with van der Waals surface area (Å²) in [6, 6.07) is 7.57. The number of hydrogen-bond acceptors (Lipinski definition) is 6. The molecule has 8 nitrogen and oxygen atoms in total. The van der Waals surface area contributed by atoms with Crippen molar-refractivity contribution in [3.05, 3.63) is 35.4 Å². The van der Waals surface area contributed by atoms with E-state index in [0.717, 1.165) is 17.9 Å². The zero-order valence-electron chi connectivity index (χ0n) is 15.1. The van der Waals surface area contributed by atoms with Crippen molar-refractivity contribution in [2.24, 2.45) is 11.8 Å². The second-order valence-corrected chi connectivity index (χ2v) is 8.20. The summed E-state index contributed by atoms with van der Waals surface area (Å²) in [7, 11) is 0. The van der Waals surface area contributed by atoms with Crippen LogP contribution in [0.5, 0.6) is 0 Å². The number of aryl methyl sites for hydroxylation is 1. The van der Waals surface area contributed by atoms with Crippen LogP contribution in [0.2, 0.25) is 0 Å². The van der Waals surface area contributed by atoms with E-state index in [-0.39, 0.29) is 17.6 Å². The molecule has 0 saturated heterocycles. The Morgan fingerprint density at radius 1 is 1.22 bits per heavy atom. The van der Waals surface area contributed by atoms with Crippen LogP contribution in [0.1, 0.15) is 47.6 Å². The number of thioether (sulfide) groups is 1. The molecule has 9 heteroatoms. The van der Waals surface area contributed by atoms with Gasteiger partial charge in [-0.3, -0.25) is 20.4 Å². The van der Waals surface area contributed by atoms with Gasteiger partial charge in [-0.2, -0.15) is 0 Å². The number of rotatable bonds is 5. The maximum atomic E-state index is 12.1. The fourth-order valence-corrected chi connectivity index (χ4v) is 4.92. The third-order valence-electron chi connectivity index (χ3n) is 5.52. The van der Waals surface area contributed by atoms with Gasteiger partial charge in [-0.15, -0.1) is 5.10 Å². The SMILES string of the molecule is Cc1ccccc1C(=O)NNC(=O)CSc1nnnn1[C@@H]1C[C@@H]2CC[C@@H]1C2. The molecule has 0 spiro atoms. The summed E-state index contributed by atoms with van der Waals surface area (Å²) in [5.74, 6) is 0.944. The van der Waals surface area contributed by atoms with Gasteiger partial charge in [0.25, 0.3) is 5.91 Å². The molecule has 0 aliphatic heterocycles. The summed E-state index contributed by atoms with van der Waals surface area (Å²) in [5, 5.41) is 12.7. The number of tetrazole rings is 1. The lowest BCUT2D eigenvalue weighted by molar-refractivity contribution is -0.119. The number of amides is 2. The number of nitrogens with one attached hydrogen (secondary N) is 2. The Morgan fingerprint density at radius 3 is 2.81 bits per heavy atom. The van der Waals surface area contributed by atoms with Crippen molar-refractivity contribution in [2.75, 3.05) is 5.75 Å². The van der Waals surface area contributed by atoms with Gasteiger partial charge in [0.2, 0.25) is 11.1 Å². The van der Waals surface area contributed by atoms with E-state index in [2.05, 4.69) is 26.4 Å². The first-order valence-corrected chi connectivity index (χ1v) is 10.2. The summed E-state index contributed by atoms with van der Waals surface area (Å²) in [4.78, 5) is 24.2. The van der Waals surface area contributed by atoms with Crippen LogP contribution < -0.4 is 10.9 Å². The van der Waals surface area contributed by atoms with Crippen LogP contribution in [0.4, 0.5) is 0 Å². The van der Waals surface area contributed by atoms with Gasteiger partial charge < -0.3 is 0 Å². The highest BCUT2D eigenvalue weighted by molar-refractivity contribution is 7.99. The number of carbonyl (C=O) groups excluding carboxylic acids is 2. The summed E-state index contributed by atoms with van der Waals surface area (Å²) in [6.07, 6.45) is 4.95. The molecule has 2 aromatic rings. The van der Waals surface area contributed by atoms with E-state index >= 15 is 0 Å². The second-order valence-electron chi connectivity index (χ2n) is 7.25.